The van der Waals surface area contributed by atoms with Crippen LogP contribution in [0.1, 0.15) is 37.6 Å². The molecule has 0 saturated carbocycles. The van der Waals surface area contributed by atoms with Crippen molar-refractivity contribution in [3.8, 4) is 11.5 Å². The molecule has 2 fully saturated rings. The minimum absolute atomic E-state index is 0.0159. The first-order valence-corrected chi connectivity index (χ1v) is 10.9. The van der Waals surface area contributed by atoms with Gasteiger partial charge in [-0.3, -0.25) is 4.98 Å². The van der Waals surface area contributed by atoms with Crippen LogP contribution in [-0.4, -0.2) is 43.2 Å². The molecule has 0 radical (unpaired) electrons. The molecule has 0 amide bonds. The molecule has 3 atom stereocenters. The lowest BCUT2D eigenvalue weighted by molar-refractivity contribution is -0.141. The number of aromatic nitrogens is 5. The monoisotopic (exact) mass is 493 g/mol. The van der Waals surface area contributed by atoms with Gasteiger partial charge >= 0.3 is 6.18 Å². The van der Waals surface area contributed by atoms with E-state index in [0.29, 0.717) is 0 Å². The largest absolute Gasteiger partial charge is 0.433 e. The second-order valence-corrected chi connectivity index (χ2v) is 8.52. The molecule has 3 aromatic heterocycles. The highest BCUT2D eigenvalue weighted by atomic mass is 19.4. The Kier molecular flexibility index (Phi) is 5.74. The maximum atomic E-state index is 13.7. The van der Waals surface area contributed by atoms with E-state index >= 15 is 0 Å². The van der Waals surface area contributed by atoms with Crippen LogP contribution in [0.4, 0.5) is 39.5 Å². The van der Waals surface area contributed by atoms with Gasteiger partial charge in [-0.2, -0.15) is 36.9 Å². The number of nitrogens with one attached hydrogen (secondary N) is 2. The lowest BCUT2D eigenvalue weighted by Crippen LogP contribution is -2.31. The number of anilines is 3. The van der Waals surface area contributed by atoms with Gasteiger partial charge in [0, 0.05) is 18.8 Å². The summed E-state index contributed by atoms with van der Waals surface area (Å²) in [6.45, 7) is 0.721. The van der Waals surface area contributed by atoms with Crippen molar-refractivity contribution in [2.24, 2.45) is 0 Å². The van der Waals surface area contributed by atoms with Crippen LogP contribution in [0.25, 0.3) is 11.5 Å². The van der Waals surface area contributed by atoms with Crippen molar-refractivity contribution >= 4 is 17.6 Å². The Morgan fingerprint density at radius 2 is 1.74 bits per heavy atom. The Morgan fingerprint density at radius 3 is 2.43 bits per heavy atom. The molecule has 5 rings (SSSR count). The summed E-state index contributed by atoms with van der Waals surface area (Å²) in [5.41, 5.74) is -1.45. The van der Waals surface area contributed by atoms with E-state index in [1.54, 1.807) is 0 Å². The first-order chi connectivity index (χ1) is 16.5. The van der Waals surface area contributed by atoms with Crippen LogP contribution in [0.5, 0.6) is 0 Å². The van der Waals surface area contributed by atoms with Crippen LogP contribution in [0.3, 0.4) is 0 Å². The van der Waals surface area contributed by atoms with E-state index in [1.807, 2.05) is 0 Å². The highest BCUT2D eigenvalue weighted by molar-refractivity contribution is 5.59. The van der Waals surface area contributed by atoms with E-state index in [0.717, 1.165) is 38.3 Å². The number of halogens is 5. The molecule has 0 spiro atoms. The summed E-state index contributed by atoms with van der Waals surface area (Å²) in [5, 5.41) is 5.99. The molecule has 8 nitrogen and oxygen atoms in total. The van der Waals surface area contributed by atoms with Crippen molar-refractivity contribution in [3.05, 3.63) is 47.9 Å². The van der Waals surface area contributed by atoms with Crippen molar-refractivity contribution in [1.29, 1.82) is 0 Å². The van der Waals surface area contributed by atoms with Crippen LogP contribution in [-0.2, 0) is 16.8 Å². The summed E-state index contributed by atoms with van der Waals surface area (Å²) in [4.78, 5) is 20.1. The van der Waals surface area contributed by atoms with Crippen LogP contribution in [0.2, 0.25) is 0 Å². The predicted octanol–water partition coefficient (Wildman–Crippen LogP) is 4.93. The summed E-state index contributed by atoms with van der Waals surface area (Å²) in [7, 11) is 0. The Labute approximate surface area is 196 Å². The maximum absolute atomic E-state index is 13.7. The number of pyridine rings is 2. The standard InChI is InChI=1S/C22H20F5N7O/c1-21(23,24)17-9-11(7-8-28-17)29-19-32-18(13-3-2-4-16(30-13)22(25,26)27)33-20(34-19)31-14-10-12-5-6-15(14)35-12/h2-4,7-9,12,14-15H,5-6,10H2,1H3,(H2,28,29,31,32,33,34). The third-order valence-electron chi connectivity index (χ3n) is 5.79. The molecule has 2 aliphatic rings. The smallest absolute Gasteiger partial charge is 0.373 e. The summed E-state index contributed by atoms with van der Waals surface area (Å²) < 4.78 is 72.8. The Bertz CT molecular complexity index is 1230. The third-order valence-corrected chi connectivity index (χ3v) is 5.79. The van der Waals surface area contributed by atoms with E-state index in [1.165, 1.54) is 24.4 Å². The molecule has 3 aromatic rings. The lowest BCUT2D eigenvalue weighted by Gasteiger charge is -2.20. The van der Waals surface area contributed by atoms with E-state index < -0.39 is 23.5 Å². The number of fused-ring (bicyclic) bond motifs is 2. The number of hydrogen-bond acceptors (Lipinski definition) is 8. The van der Waals surface area contributed by atoms with E-state index in [-0.39, 0.29) is 47.4 Å². The van der Waals surface area contributed by atoms with E-state index in [2.05, 4.69) is 35.6 Å². The molecule has 3 unspecified atom stereocenters. The number of rotatable bonds is 6. The number of ether oxygens (including phenoxy) is 1. The molecular formula is C22H20F5N7O. The van der Waals surface area contributed by atoms with Gasteiger partial charge in [-0.25, -0.2) is 4.98 Å². The summed E-state index contributed by atoms with van der Waals surface area (Å²) in [5.74, 6) is -3.24. The second-order valence-electron chi connectivity index (χ2n) is 8.52. The Hall–Kier alpha value is -3.48. The minimum Gasteiger partial charge on any atom is -0.373 e. The fourth-order valence-electron chi connectivity index (χ4n) is 4.16. The van der Waals surface area contributed by atoms with Gasteiger partial charge in [0.1, 0.15) is 17.1 Å². The first kappa shape index (κ1) is 23.3. The second kappa shape index (κ2) is 8.63. The van der Waals surface area contributed by atoms with Crippen LogP contribution < -0.4 is 10.6 Å². The fraction of sp³-hybridized carbons (Fsp3) is 0.409. The molecule has 2 aliphatic heterocycles. The van der Waals surface area contributed by atoms with Gasteiger partial charge in [0.15, 0.2) is 5.82 Å². The molecule has 0 aromatic carbocycles. The molecule has 184 valence electrons. The maximum Gasteiger partial charge on any atom is 0.433 e. The molecule has 2 bridgehead atoms. The van der Waals surface area contributed by atoms with Crippen molar-refractivity contribution < 1.29 is 26.7 Å². The molecule has 13 heteroatoms. The number of alkyl halides is 5. The van der Waals surface area contributed by atoms with Crippen molar-refractivity contribution in [3.63, 3.8) is 0 Å². The van der Waals surface area contributed by atoms with Gasteiger partial charge in [-0.15, -0.1) is 0 Å². The molecule has 5 heterocycles. The molecule has 2 saturated heterocycles. The number of hydrogen-bond donors (Lipinski definition) is 2. The third kappa shape index (κ3) is 5.14. The molecular weight excluding hydrogens is 473 g/mol. The van der Waals surface area contributed by atoms with Gasteiger partial charge in [-0.1, -0.05) is 6.07 Å². The first-order valence-electron chi connectivity index (χ1n) is 10.9. The van der Waals surface area contributed by atoms with Gasteiger partial charge in [0.25, 0.3) is 5.92 Å². The lowest BCUT2D eigenvalue weighted by atomic mass is 9.96. The fourth-order valence-corrected chi connectivity index (χ4v) is 4.16. The van der Waals surface area contributed by atoms with Crippen LogP contribution >= 0.6 is 0 Å². The van der Waals surface area contributed by atoms with Gasteiger partial charge in [-0.05, 0) is 43.5 Å². The minimum atomic E-state index is -4.65. The highest BCUT2D eigenvalue weighted by Gasteiger charge is 2.41. The van der Waals surface area contributed by atoms with Crippen molar-refractivity contribution in [2.75, 3.05) is 10.6 Å². The topological polar surface area (TPSA) is 97.7 Å². The molecule has 0 aliphatic carbocycles. The summed E-state index contributed by atoms with van der Waals surface area (Å²) in [6, 6.07) is 5.91. The highest BCUT2D eigenvalue weighted by Crippen LogP contribution is 2.36. The SMILES string of the molecule is CC(F)(F)c1cc(Nc2nc(NC3CC4CCC3O4)nc(-c3cccc(C(F)(F)F)n3)n2)ccn1. The average Bonchev–Trinajstić information content (AvgIpc) is 3.41. The summed E-state index contributed by atoms with van der Waals surface area (Å²) in [6.07, 6.45) is -0.716. The van der Waals surface area contributed by atoms with E-state index in [4.69, 9.17) is 4.74 Å². The van der Waals surface area contributed by atoms with Gasteiger partial charge in [0.2, 0.25) is 11.9 Å². The zero-order chi connectivity index (χ0) is 24.8. The quantitative estimate of drug-likeness (QED) is 0.467. The zero-order valence-electron chi connectivity index (χ0n) is 18.4. The predicted molar refractivity (Wildman–Crippen MR) is 115 cm³/mol. The zero-order valence-corrected chi connectivity index (χ0v) is 18.4. The number of nitrogens with zero attached hydrogens (tertiary/aromatic N) is 5. The van der Waals surface area contributed by atoms with Gasteiger partial charge < -0.3 is 15.4 Å². The van der Waals surface area contributed by atoms with Crippen molar-refractivity contribution in [1.82, 2.24) is 24.9 Å². The van der Waals surface area contributed by atoms with Crippen molar-refractivity contribution in [2.45, 2.75) is 56.5 Å². The molecule has 35 heavy (non-hydrogen) atoms. The van der Waals surface area contributed by atoms with Crippen LogP contribution in [0.15, 0.2) is 36.5 Å². The average molecular weight is 493 g/mol. The normalized spacial score (nSPS) is 21.8. The summed E-state index contributed by atoms with van der Waals surface area (Å²) >= 11 is 0. The van der Waals surface area contributed by atoms with Crippen LogP contribution in [0, 0.1) is 0 Å². The Morgan fingerprint density at radius 1 is 0.943 bits per heavy atom. The molecule has 2 N–H and O–H groups in total. The Balaban J connectivity index is 1.50. The van der Waals surface area contributed by atoms with Gasteiger partial charge in [0.05, 0.1) is 18.2 Å². The van der Waals surface area contributed by atoms with E-state index in [9.17, 15) is 22.0 Å².